The fraction of sp³-hybridized carbons (Fsp3) is 0.643. The molecule has 2 unspecified atom stereocenters. The van der Waals surface area contributed by atoms with Crippen LogP contribution in [0.4, 0.5) is 0 Å². The normalized spacial score (nSPS) is 28.5. The second-order valence-electron chi connectivity index (χ2n) is 5.05. The van der Waals surface area contributed by atoms with E-state index in [0.717, 1.165) is 36.2 Å². The highest BCUT2D eigenvalue weighted by Gasteiger charge is 2.32. The minimum absolute atomic E-state index is 0.194. The molecule has 0 aromatic carbocycles. The molecule has 3 nitrogen and oxygen atoms in total. The number of nitriles is 1. The fourth-order valence-electron chi connectivity index (χ4n) is 2.75. The number of nitrogens with zero attached hydrogens (tertiary/aromatic N) is 2. The van der Waals surface area contributed by atoms with Crippen LogP contribution in [0.3, 0.4) is 0 Å². The van der Waals surface area contributed by atoms with E-state index >= 15 is 0 Å². The summed E-state index contributed by atoms with van der Waals surface area (Å²) in [5, 5.41) is 9.01. The minimum Gasteiger partial charge on any atom is -0.294 e. The van der Waals surface area contributed by atoms with Crippen LogP contribution in [0.2, 0.25) is 0 Å². The number of rotatable bonds is 2. The van der Waals surface area contributed by atoms with Crippen molar-refractivity contribution in [1.82, 2.24) is 0 Å². The van der Waals surface area contributed by atoms with Gasteiger partial charge in [-0.3, -0.25) is 9.79 Å². The van der Waals surface area contributed by atoms with E-state index in [1.54, 1.807) is 0 Å². The predicted octanol–water partition coefficient (Wildman–Crippen LogP) is 3.02. The Morgan fingerprint density at radius 1 is 1.41 bits per heavy atom. The highest BCUT2D eigenvalue weighted by molar-refractivity contribution is 6.00. The fourth-order valence-corrected chi connectivity index (χ4v) is 2.75. The van der Waals surface area contributed by atoms with Gasteiger partial charge in [-0.15, -0.1) is 0 Å². The molecular formula is C14H18N2O. The van der Waals surface area contributed by atoms with Gasteiger partial charge in [0.1, 0.15) is 0 Å². The molecule has 1 aliphatic carbocycles. The molecular weight excluding hydrogens is 212 g/mol. The summed E-state index contributed by atoms with van der Waals surface area (Å²) in [5.41, 5.74) is 2.66. The third-order valence-corrected chi connectivity index (χ3v) is 3.72. The van der Waals surface area contributed by atoms with Crippen molar-refractivity contribution in [3.05, 3.63) is 11.3 Å². The molecule has 2 aliphatic rings. The Hall–Kier alpha value is -1.43. The molecule has 90 valence electrons. The van der Waals surface area contributed by atoms with E-state index in [-0.39, 0.29) is 11.7 Å². The zero-order valence-electron chi connectivity index (χ0n) is 10.5. The largest absolute Gasteiger partial charge is 0.294 e. The second kappa shape index (κ2) is 4.83. The maximum absolute atomic E-state index is 12.0. The van der Waals surface area contributed by atoms with Gasteiger partial charge in [0.2, 0.25) is 0 Å². The first-order valence-electron chi connectivity index (χ1n) is 6.35. The van der Waals surface area contributed by atoms with Crippen molar-refractivity contribution in [1.29, 1.82) is 5.26 Å². The molecule has 0 amide bonds. The second-order valence-corrected chi connectivity index (χ2v) is 5.05. The van der Waals surface area contributed by atoms with Gasteiger partial charge < -0.3 is 0 Å². The van der Waals surface area contributed by atoms with Crippen LogP contribution < -0.4 is 0 Å². The maximum atomic E-state index is 12.0. The molecule has 0 saturated heterocycles. The number of carbonyl (C=O) groups excluding carboxylic acids is 1. The van der Waals surface area contributed by atoms with Crippen LogP contribution in [0, 0.1) is 23.2 Å². The molecule has 0 saturated carbocycles. The van der Waals surface area contributed by atoms with Gasteiger partial charge >= 0.3 is 0 Å². The van der Waals surface area contributed by atoms with Gasteiger partial charge in [0, 0.05) is 23.4 Å². The zero-order valence-corrected chi connectivity index (χ0v) is 10.5. The van der Waals surface area contributed by atoms with E-state index in [9.17, 15) is 4.79 Å². The van der Waals surface area contributed by atoms with Crippen molar-refractivity contribution < 1.29 is 4.79 Å². The average Bonchev–Trinajstić information content (AvgIpc) is 2.28. The lowest BCUT2D eigenvalue weighted by atomic mass is 9.79. The zero-order chi connectivity index (χ0) is 12.4. The average molecular weight is 230 g/mol. The first kappa shape index (κ1) is 12.0. The molecule has 0 aromatic rings. The Balaban J connectivity index is 2.24. The molecule has 2 atom stereocenters. The number of Topliss-reactive ketones (excluding diaryl/α,β-unsaturated/α-hetero) is 1. The Bertz CT molecular complexity index is 440. The van der Waals surface area contributed by atoms with Crippen LogP contribution in [-0.2, 0) is 4.79 Å². The van der Waals surface area contributed by atoms with E-state index in [0.29, 0.717) is 18.8 Å². The summed E-state index contributed by atoms with van der Waals surface area (Å²) in [7, 11) is 0. The first-order valence-corrected chi connectivity index (χ1v) is 6.35. The van der Waals surface area contributed by atoms with Crippen LogP contribution in [0.5, 0.6) is 0 Å². The lowest BCUT2D eigenvalue weighted by molar-refractivity contribution is -0.117. The molecule has 3 heteroatoms. The van der Waals surface area contributed by atoms with Gasteiger partial charge in [-0.2, -0.15) is 5.26 Å². The van der Waals surface area contributed by atoms with Crippen molar-refractivity contribution in [3.8, 4) is 6.07 Å². The Kier molecular flexibility index (Phi) is 3.42. The van der Waals surface area contributed by atoms with E-state index < -0.39 is 0 Å². The van der Waals surface area contributed by atoms with Crippen LogP contribution >= 0.6 is 0 Å². The van der Waals surface area contributed by atoms with Crippen molar-refractivity contribution in [2.24, 2.45) is 16.8 Å². The van der Waals surface area contributed by atoms with Gasteiger partial charge in [0.15, 0.2) is 5.78 Å². The third kappa shape index (κ3) is 2.31. The van der Waals surface area contributed by atoms with Crippen molar-refractivity contribution in [2.45, 2.75) is 46.0 Å². The summed E-state index contributed by atoms with van der Waals surface area (Å²) in [5.74, 6) is 0.489. The van der Waals surface area contributed by atoms with Crippen LogP contribution in [0.1, 0.15) is 46.0 Å². The summed E-state index contributed by atoms with van der Waals surface area (Å²) >= 11 is 0. The standard InChI is InChI=1S/C14H18N2O/c1-3-4-10-5-13-12(14(17)6-10)7-11(8-15)9(2)16-13/h10-11H,3-7H2,1-2H3. The SMILES string of the molecule is CCCC1CC(=O)C2=C(C1)N=C(C)C(C#N)C2. The number of hydrogen-bond donors (Lipinski definition) is 0. The number of carbonyl (C=O) groups is 1. The molecule has 0 fully saturated rings. The molecule has 0 bridgehead atoms. The number of allylic oxidation sites excluding steroid dienone is 2. The monoisotopic (exact) mass is 230 g/mol. The lowest BCUT2D eigenvalue weighted by Crippen LogP contribution is -2.26. The highest BCUT2D eigenvalue weighted by Crippen LogP contribution is 2.36. The van der Waals surface area contributed by atoms with Gasteiger partial charge in [-0.1, -0.05) is 13.3 Å². The molecule has 0 spiro atoms. The quantitative estimate of drug-likeness (QED) is 0.732. The van der Waals surface area contributed by atoms with Crippen molar-refractivity contribution >= 4 is 11.5 Å². The summed E-state index contributed by atoms with van der Waals surface area (Å²) < 4.78 is 0. The first-order chi connectivity index (χ1) is 8.15. The molecule has 17 heavy (non-hydrogen) atoms. The van der Waals surface area contributed by atoms with Crippen LogP contribution in [0.25, 0.3) is 0 Å². The summed E-state index contributed by atoms with van der Waals surface area (Å²) in [6.45, 7) is 4.04. The number of ketones is 1. The summed E-state index contributed by atoms with van der Waals surface area (Å²) in [6.07, 6.45) is 4.37. The Morgan fingerprint density at radius 3 is 2.82 bits per heavy atom. The van der Waals surface area contributed by atoms with Gasteiger partial charge in [0.05, 0.1) is 12.0 Å². The Labute approximate surface area is 102 Å². The molecule has 2 rings (SSSR count). The van der Waals surface area contributed by atoms with Gasteiger partial charge in [0.25, 0.3) is 0 Å². The van der Waals surface area contributed by atoms with Gasteiger partial charge in [-0.25, -0.2) is 0 Å². The maximum Gasteiger partial charge on any atom is 0.161 e. The summed E-state index contributed by atoms with van der Waals surface area (Å²) in [6, 6.07) is 2.23. The molecule has 1 aliphatic heterocycles. The van der Waals surface area contributed by atoms with Crippen LogP contribution in [-0.4, -0.2) is 11.5 Å². The van der Waals surface area contributed by atoms with Gasteiger partial charge in [-0.05, 0) is 32.1 Å². The number of aliphatic imine (C=N–C) groups is 1. The summed E-state index contributed by atoms with van der Waals surface area (Å²) in [4.78, 5) is 16.5. The lowest BCUT2D eigenvalue weighted by Gasteiger charge is -2.28. The van der Waals surface area contributed by atoms with Crippen molar-refractivity contribution in [3.63, 3.8) is 0 Å². The van der Waals surface area contributed by atoms with Crippen LogP contribution in [0.15, 0.2) is 16.3 Å². The Morgan fingerprint density at radius 2 is 2.18 bits per heavy atom. The minimum atomic E-state index is -0.194. The third-order valence-electron chi connectivity index (χ3n) is 3.72. The highest BCUT2D eigenvalue weighted by atomic mass is 16.1. The van der Waals surface area contributed by atoms with E-state index in [1.165, 1.54) is 0 Å². The molecule has 0 N–H and O–H groups in total. The smallest absolute Gasteiger partial charge is 0.161 e. The molecule has 1 heterocycles. The number of hydrogen-bond acceptors (Lipinski definition) is 3. The van der Waals surface area contributed by atoms with E-state index in [2.05, 4.69) is 18.0 Å². The molecule has 0 aromatic heterocycles. The van der Waals surface area contributed by atoms with E-state index in [1.807, 2.05) is 6.92 Å². The predicted molar refractivity (Wildman–Crippen MR) is 66.5 cm³/mol. The van der Waals surface area contributed by atoms with Crippen molar-refractivity contribution in [2.75, 3.05) is 0 Å². The molecule has 0 radical (unpaired) electrons. The topological polar surface area (TPSA) is 53.2 Å². The van der Waals surface area contributed by atoms with E-state index in [4.69, 9.17) is 5.26 Å².